The zero-order chi connectivity index (χ0) is 23.4. The van der Waals surface area contributed by atoms with Crippen molar-refractivity contribution in [3.63, 3.8) is 0 Å². The molecule has 0 N–H and O–H groups in total. The Morgan fingerprint density at radius 2 is 1.58 bits per heavy atom. The van der Waals surface area contributed by atoms with Crippen LogP contribution in [0, 0.1) is 0 Å². The minimum Gasteiger partial charge on any atom is -0.497 e. The summed E-state index contributed by atoms with van der Waals surface area (Å²) in [6.45, 7) is 3.74. The average Bonchev–Trinajstić information content (AvgIpc) is 3.23. The Hall–Kier alpha value is -3.62. The zero-order valence-corrected chi connectivity index (χ0v) is 19.3. The molecule has 2 aromatic rings. The van der Waals surface area contributed by atoms with Gasteiger partial charge in [0.2, 0.25) is 5.91 Å². The lowest BCUT2D eigenvalue weighted by Crippen LogP contribution is -2.51. The number of rotatable bonds is 7. The van der Waals surface area contributed by atoms with Gasteiger partial charge in [-0.15, -0.1) is 0 Å². The topological polar surface area (TPSA) is 74.8 Å². The number of benzene rings is 2. The standard InChI is InChI=1S/C24H30N4O5/c1-31-19-6-4-5-18(15-19)25-9-11-26(12-10-25)23(29)17-27-13-14-28(24(27)30)21-16-20(32-2)7-8-22(21)33-3/h4-8,15-16H,9-14,17H2,1-3H3. The van der Waals surface area contributed by atoms with E-state index in [1.165, 1.54) is 0 Å². The van der Waals surface area contributed by atoms with E-state index < -0.39 is 0 Å². The van der Waals surface area contributed by atoms with Crippen molar-refractivity contribution in [2.24, 2.45) is 0 Å². The Balaban J connectivity index is 1.35. The number of nitrogens with zero attached hydrogens (tertiary/aromatic N) is 4. The molecule has 0 aromatic heterocycles. The number of urea groups is 1. The molecule has 3 amide bonds. The van der Waals surface area contributed by atoms with Crippen molar-refractivity contribution in [2.45, 2.75) is 0 Å². The maximum Gasteiger partial charge on any atom is 0.325 e. The molecule has 0 atom stereocenters. The highest BCUT2D eigenvalue weighted by atomic mass is 16.5. The van der Waals surface area contributed by atoms with E-state index in [1.54, 1.807) is 49.3 Å². The van der Waals surface area contributed by atoms with E-state index in [1.807, 2.05) is 29.2 Å². The third-order valence-corrected chi connectivity index (χ3v) is 6.15. The predicted octanol–water partition coefficient (Wildman–Crippen LogP) is 2.30. The summed E-state index contributed by atoms with van der Waals surface area (Å²) in [4.78, 5) is 33.3. The summed E-state index contributed by atoms with van der Waals surface area (Å²) in [5, 5.41) is 0. The molecule has 2 heterocycles. The number of piperazine rings is 1. The Morgan fingerprint density at radius 1 is 0.848 bits per heavy atom. The van der Waals surface area contributed by atoms with Crippen molar-refractivity contribution in [3.8, 4) is 17.2 Å². The van der Waals surface area contributed by atoms with Crippen LogP contribution < -0.4 is 24.0 Å². The number of carbonyl (C=O) groups is 2. The molecule has 0 aliphatic carbocycles. The van der Waals surface area contributed by atoms with Gasteiger partial charge in [-0.3, -0.25) is 9.69 Å². The second-order valence-corrected chi connectivity index (χ2v) is 7.96. The molecule has 2 fully saturated rings. The van der Waals surface area contributed by atoms with Crippen LogP contribution in [-0.4, -0.2) is 88.9 Å². The third-order valence-electron chi connectivity index (χ3n) is 6.15. The van der Waals surface area contributed by atoms with Crippen molar-refractivity contribution in [2.75, 3.05) is 76.9 Å². The molecular formula is C24H30N4O5. The quantitative estimate of drug-likeness (QED) is 0.639. The smallest absolute Gasteiger partial charge is 0.325 e. The van der Waals surface area contributed by atoms with Crippen molar-refractivity contribution in [3.05, 3.63) is 42.5 Å². The highest BCUT2D eigenvalue weighted by Gasteiger charge is 2.34. The maximum absolute atomic E-state index is 13.1. The first-order valence-electron chi connectivity index (χ1n) is 11.0. The molecule has 33 heavy (non-hydrogen) atoms. The number of anilines is 2. The van der Waals surface area contributed by atoms with Gasteiger partial charge in [0.05, 0.1) is 27.0 Å². The van der Waals surface area contributed by atoms with Crippen molar-refractivity contribution in [1.82, 2.24) is 9.80 Å². The highest BCUT2D eigenvalue weighted by molar-refractivity contribution is 5.98. The van der Waals surface area contributed by atoms with E-state index in [2.05, 4.69) is 4.90 Å². The fourth-order valence-corrected chi connectivity index (χ4v) is 4.25. The first-order chi connectivity index (χ1) is 16.0. The third kappa shape index (κ3) is 4.76. The summed E-state index contributed by atoms with van der Waals surface area (Å²) in [5.74, 6) is 2.01. The lowest BCUT2D eigenvalue weighted by atomic mass is 10.2. The molecule has 2 aliphatic heterocycles. The van der Waals surface area contributed by atoms with Crippen LogP contribution in [0.3, 0.4) is 0 Å². The van der Waals surface area contributed by atoms with Crippen molar-refractivity contribution in [1.29, 1.82) is 0 Å². The Labute approximate surface area is 194 Å². The van der Waals surface area contributed by atoms with E-state index in [4.69, 9.17) is 14.2 Å². The second kappa shape index (κ2) is 9.89. The zero-order valence-electron chi connectivity index (χ0n) is 19.3. The van der Waals surface area contributed by atoms with Crippen LogP contribution >= 0.6 is 0 Å². The van der Waals surface area contributed by atoms with E-state index in [9.17, 15) is 9.59 Å². The highest BCUT2D eigenvalue weighted by Crippen LogP contribution is 2.34. The monoisotopic (exact) mass is 454 g/mol. The molecule has 0 bridgehead atoms. The molecular weight excluding hydrogens is 424 g/mol. The summed E-state index contributed by atoms with van der Waals surface area (Å²) >= 11 is 0. The molecule has 4 rings (SSSR count). The van der Waals surface area contributed by atoms with Gasteiger partial charge in [0.1, 0.15) is 23.8 Å². The molecule has 2 aliphatic rings. The van der Waals surface area contributed by atoms with Crippen LogP contribution in [0.4, 0.5) is 16.2 Å². The summed E-state index contributed by atoms with van der Waals surface area (Å²) in [6.07, 6.45) is 0. The molecule has 0 spiro atoms. The van der Waals surface area contributed by atoms with Gasteiger partial charge >= 0.3 is 6.03 Å². The molecule has 0 saturated carbocycles. The van der Waals surface area contributed by atoms with E-state index in [0.717, 1.165) is 24.5 Å². The summed E-state index contributed by atoms with van der Waals surface area (Å²) in [7, 11) is 4.80. The largest absolute Gasteiger partial charge is 0.497 e. The number of methoxy groups -OCH3 is 3. The SMILES string of the molecule is COc1cccc(N2CCN(C(=O)CN3CCN(c4cc(OC)ccc4OC)C3=O)CC2)c1. The number of amides is 3. The van der Waals surface area contributed by atoms with Gasteiger partial charge in [-0.2, -0.15) is 0 Å². The summed E-state index contributed by atoms with van der Waals surface area (Å²) in [5.41, 5.74) is 1.72. The van der Waals surface area contributed by atoms with Gasteiger partial charge in [0.15, 0.2) is 0 Å². The van der Waals surface area contributed by atoms with Crippen molar-refractivity contribution >= 4 is 23.3 Å². The fraction of sp³-hybridized carbons (Fsp3) is 0.417. The molecule has 176 valence electrons. The van der Waals surface area contributed by atoms with E-state index in [-0.39, 0.29) is 18.5 Å². The van der Waals surface area contributed by atoms with E-state index >= 15 is 0 Å². The summed E-state index contributed by atoms with van der Waals surface area (Å²) < 4.78 is 16.0. The van der Waals surface area contributed by atoms with E-state index in [0.29, 0.717) is 43.4 Å². The van der Waals surface area contributed by atoms with Gasteiger partial charge < -0.3 is 28.9 Å². The normalized spacial score (nSPS) is 16.3. The molecule has 0 unspecified atom stereocenters. The minimum atomic E-state index is -0.204. The van der Waals surface area contributed by atoms with Crippen molar-refractivity contribution < 1.29 is 23.8 Å². The van der Waals surface area contributed by atoms with Crippen LogP contribution in [0.2, 0.25) is 0 Å². The first-order valence-corrected chi connectivity index (χ1v) is 11.0. The van der Waals surface area contributed by atoms with Gasteiger partial charge in [0.25, 0.3) is 0 Å². The maximum atomic E-state index is 13.1. The van der Waals surface area contributed by atoms with Crippen LogP contribution in [0.5, 0.6) is 17.2 Å². The average molecular weight is 455 g/mol. The molecule has 2 aromatic carbocycles. The van der Waals surface area contributed by atoms with Crippen LogP contribution in [0.15, 0.2) is 42.5 Å². The number of carbonyl (C=O) groups excluding carboxylic acids is 2. The van der Waals surface area contributed by atoms with Gasteiger partial charge in [0, 0.05) is 57.1 Å². The van der Waals surface area contributed by atoms with Gasteiger partial charge in [-0.1, -0.05) is 6.07 Å². The number of hydrogen-bond donors (Lipinski definition) is 0. The van der Waals surface area contributed by atoms with Crippen LogP contribution in [-0.2, 0) is 4.79 Å². The fourth-order valence-electron chi connectivity index (χ4n) is 4.25. The Kier molecular flexibility index (Phi) is 6.76. The predicted molar refractivity (Wildman–Crippen MR) is 126 cm³/mol. The second-order valence-electron chi connectivity index (χ2n) is 7.96. The van der Waals surface area contributed by atoms with Crippen LogP contribution in [0.1, 0.15) is 0 Å². The van der Waals surface area contributed by atoms with Gasteiger partial charge in [-0.05, 0) is 24.3 Å². The Bertz CT molecular complexity index is 1010. The lowest BCUT2D eigenvalue weighted by Gasteiger charge is -2.36. The van der Waals surface area contributed by atoms with Gasteiger partial charge in [-0.25, -0.2) is 4.79 Å². The molecule has 0 radical (unpaired) electrons. The Morgan fingerprint density at radius 3 is 2.27 bits per heavy atom. The first kappa shape index (κ1) is 22.6. The molecule has 9 heteroatoms. The van der Waals surface area contributed by atoms with Crippen LogP contribution in [0.25, 0.3) is 0 Å². The summed E-state index contributed by atoms with van der Waals surface area (Å²) in [6, 6.07) is 13.1. The molecule has 9 nitrogen and oxygen atoms in total. The lowest BCUT2D eigenvalue weighted by molar-refractivity contribution is -0.131. The number of ether oxygens (including phenoxy) is 3. The number of hydrogen-bond acceptors (Lipinski definition) is 6. The minimum absolute atomic E-state index is 0.0342. The molecule has 2 saturated heterocycles.